The normalized spacial score (nSPS) is 13.4. The van der Waals surface area contributed by atoms with E-state index in [1.54, 1.807) is 0 Å². The van der Waals surface area contributed by atoms with Gasteiger partial charge >= 0.3 is 0 Å². The van der Waals surface area contributed by atoms with E-state index in [0.717, 1.165) is 45.7 Å². The number of pyridine rings is 1. The van der Waals surface area contributed by atoms with E-state index in [9.17, 15) is 0 Å². The Labute approximate surface area is 259 Å². The van der Waals surface area contributed by atoms with Crippen molar-refractivity contribution in [3.63, 3.8) is 0 Å². The largest absolute Gasteiger partial charge is 0.486 e. The average molecular weight is 581 g/mol. The summed E-state index contributed by atoms with van der Waals surface area (Å²) < 4.78 is 6.32. The lowest BCUT2D eigenvalue weighted by Gasteiger charge is -2.22. The zero-order valence-electron chi connectivity index (χ0n) is 26.7. The first kappa shape index (κ1) is 28.1. The Morgan fingerprint density at radius 1 is 0.909 bits per heavy atom. The fourth-order valence-electron chi connectivity index (χ4n) is 6.66. The smallest absolute Gasteiger partial charge is 0.137 e. The van der Waals surface area contributed by atoms with Crippen LogP contribution in [0.15, 0.2) is 78.3 Å². The highest BCUT2D eigenvalue weighted by atomic mass is 16.5. The highest BCUT2D eigenvalue weighted by Gasteiger charge is 2.24. The number of anilines is 1. The van der Waals surface area contributed by atoms with Crippen molar-refractivity contribution in [2.45, 2.75) is 67.4 Å². The van der Waals surface area contributed by atoms with Crippen LogP contribution < -0.4 is 10.1 Å². The van der Waals surface area contributed by atoms with Gasteiger partial charge < -0.3 is 15.0 Å². The molecule has 0 aliphatic carbocycles. The number of imidazole rings is 1. The molecule has 1 aliphatic rings. The van der Waals surface area contributed by atoms with Gasteiger partial charge in [0, 0.05) is 51.4 Å². The van der Waals surface area contributed by atoms with Gasteiger partial charge in [0.1, 0.15) is 18.2 Å². The molecule has 4 aromatic carbocycles. The summed E-state index contributed by atoms with van der Waals surface area (Å²) in [4.78, 5) is 12.9. The maximum atomic E-state index is 6.32. The Kier molecular flexibility index (Phi) is 6.92. The molecule has 2 aromatic heterocycles. The molecule has 0 spiro atoms. The number of allylic oxidation sites excluding steroid dienone is 2. The molecule has 1 aliphatic heterocycles. The second-order valence-corrected chi connectivity index (χ2v) is 12.8. The molecule has 0 atom stereocenters. The quantitative estimate of drug-likeness (QED) is 0.192. The van der Waals surface area contributed by atoms with Crippen LogP contribution in [0.4, 0.5) is 5.69 Å². The third kappa shape index (κ3) is 4.54. The number of rotatable bonds is 6. The number of hydrogen-bond donors (Lipinski definition) is 2. The van der Waals surface area contributed by atoms with Crippen LogP contribution in [0.1, 0.15) is 71.0 Å². The molecule has 0 bridgehead atoms. The predicted molar refractivity (Wildman–Crippen MR) is 184 cm³/mol. The van der Waals surface area contributed by atoms with Crippen molar-refractivity contribution in [3.05, 3.63) is 95.3 Å². The first-order valence-corrected chi connectivity index (χ1v) is 15.8. The Balaban J connectivity index is 1.36. The molecule has 0 radical (unpaired) electrons. The van der Waals surface area contributed by atoms with E-state index in [1.807, 2.05) is 12.4 Å². The lowest BCUT2D eigenvalue weighted by molar-refractivity contribution is 0.301. The van der Waals surface area contributed by atoms with Crippen molar-refractivity contribution in [2.24, 2.45) is 5.92 Å². The van der Waals surface area contributed by atoms with Crippen molar-refractivity contribution in [3.8, 4) is 28.1 Å². The molecule has 44 heavy (non-hydrogen) atoms. The minimum atomic E-state index is 0.340. The van der Waals surface area contributed by atoms with Crippen LogP contribution in [0.5, 0.6) is 5.75 Å². The van der Waals surface area contributed by atoms with Crippen LogP contribution in [-0.2, 0) is 6.61 Å². The van der Waals surface area contributed by atoms with Gasteiger partial charge in [0.2, 0.25) is 0 Å². The highest BCUT2D eigenvalue weighted by molar-refractivity contribution is 6.16. The maximum Gasteiger partial charge on any atom is 0.137 e. The third-order valence-corrected chi connectivity index (χ3v) is 9.27. The standard InChI is InChI=1S/C39H40N4O/c1-8-23(6)35(21(2)3)42-36-24(7)33-19-40-16-15-29(33)32-18-26(10-13-30(32)36)25-9-12-28-27(17-25)11-14-31-37-34(20-44-38(28)31)41-39(43-37)22(4)5/h9-19,21-22,42H,8,20H2,1-7H3,(H,41,43)/b35-23+. The van der Waals surface area contributed by atoms with Crippen LogP contribution in [0.3, 0.4) is 0 Å². The van der Waals surface area contributed by atoms with Crippen LogP contribution >= 0.6 is 0 Å². The van der Waals surface area contributed by atoms with Gasteiger partial charge in [0.05, 0.1) is 11.4 Å². The van der Waals surface area contributed by atoms with Gasteiger partial charge in [-0.05, 0) is 83.3 Å². The fraction of sp³-hybridized carbons (Fsp3) is 0.282. The van der Waals surface area contributed by atoms with E-state index >= 15 is 0 Å². The topological polar surface area (TPSA) is 62.8 Å². The lowest BCUT2D eigenvalue weighted by Crippen LogP contribution is -2.10. The summed E-state index contributed by atoms with van der Waals surface area (Å²) in [5.41, 5.74) is 10.6. The van der Waals surface area contributed by atoms with Crippen molar-refractivity contribution < 1.29 is 4.74 Å². The maximum absolute atomic E-state index is 6.32. The molecule has 222 valence electrons. The van der Waals surface area contributed by atoms with E-state index in [1.165, 1.54) is 55.2 Å². The van der Waals surface area contributed by atoms with Gasteiger partial charge in [-0.2, -0.15) is 0 Å². The van der Waals surface area contributed by atoms with E-state index in [2.05, 4.69) is 118 Å². The molecule has 0 unspecified atom stereocenters. The van der Waals surface area contributed by atoms with Crippen LogP contribution in [0, 0.1) is 12.8 Å². The average Bonchev–Trinajstić information content (AvgIpc) is 3.49. The summed E-state index contributed by atoms with van der Waals surface area (Å²) in [7, 11) is 0. The van der Waals surface area contributed by atoms with Gasteiger partial charge in [-0.3, -0.25) is 4.98 Å². The highest BCUT2D eigenvalue weighted by Crippen LogP contribution is 2.44. The molecular formula is C39H40N4O. The Hall–Kier alpha value is -4.64. The van der Waals surface area contributed by atoms with Gasteiger partial charge in [-0.25, -0.2) is 4.98 Å². The Bertz CT molecular complexity index is 2120. The van der Waals surface area contributed by atoms with Gasteiger partial charge in [-0.1, -0.05) is 70.5 Å². The first-order valence-electron chi connectivity index (χ1n) is 15.8. The number of ether oxygens (including phenoxy) is 1. The number of benzene rings is 4. The van der Waals surface area contributed by atoms with E-state index in [-0.39, 0.29) is 0 Å². The Morgan fingerprint density at radius 2 is 1.68 bits per heavy atom. The number of fused-ring (bicyclic) bond motifs is 8. The van der Waals surface area contributed by atoms with Crippen molar-refractivity contribution in [1.82, 2.24) is 15.0 Å². The SMILES string of the molecule is CC/C(C)=C(/Nc1c(C)c2cnccc2c2cc(-c3ccc4c5c(ccc4c3)-c3nc(C(C)C)[nH]c3CO5)ccc12)C(C)C. The van der Waals surface area contributed by atoms with E-state index < -0.39 is 0 Å². The number of H-pyrrole nitrogens is 1. The molecule has 0 amide bonds. The second kappa shape index (κ2) is 10.8. The van der Waals surface area contributed by atoms with Crippen molar-refractivity contribution in [2.75, 3.05) is 5.32 Å². The van der Waals surface area contributed by atoms with Crippen LogP contribution in [0.25, 0.3) is 54.7 Å². The van der Waals surface area contributed by atoms with Gasteiger partial charge in [0.15, 0.2) is 0 Å². The van der Waals surface area contributed by atoms with Crippen LogP contribution in [0.2, 0.25) is 0 Å². The monoisotopic (exact) mass is 580 g/mol. The molecule has 0 saturated carbocycles. The number of hydrogen-bond acceptors (Lipinski definition) is 4. The zero-order valence-corrected chi connectivity index (χ0v) is 26.7. The molecule has 0 fully saturated rings. The van der Waals surface area contributed by atoms with Crippen molar-refractivity contribution in [1.29, 1.82) is 0 Å². The predicted octanol–water partition coefficient (Wildman–Crippen LogP) is 10.7. The molecule has 7 rings (SSSR count). The molecule has 5 heteroatoms. The van der Waals surface area contributed by atoms with Crippen LogP contribution in [-0.4, -0.2) is 15.0 Å². The lowest BCUT2D eigenvalue weighted by atomic mass is 9.92. The summed E-state index contributed by atoms with van der Waals surface area (Å²) >= 11 is 0. The van der Waals surface area contributed by atoms with Crippen molar-refractivity contribution >= 4 is 38.0 Å². The zero-order chi connectivity index (χ0) is 30.7. The molecule has 0 saturated heterocycles. The number of nitrogens with zero attached hydrogens (tertiary/aromatic N) is 2. The first-order chi connectivity index (χ1) is 21.2. The van der Waals surface area contributed by atoms with E-state index in [4.69, 9.17) is 9.72 Å². The van der Waals surface area contributed by atoms with Gasteiger partial charge in [0.25, 0.3) is 0 Å². The summed E-state index contributed by atoms with van der Waals surface area (Å²) in [6.45, 7) is 16.0. The Morgan fingerprint density at radius 3 is 2.43 bits per heavy atom. The fourth-order valence-corrected chi connectivity index (χ4v) is 6.66. The minimum absolute atomic E-state index is 0.340. The summed E-state index contributed by atoms with van der Waals surface area (Å²) in [5, 5.41) is 11.0. The summed E-state index contributed by atoms with van der Waals surface area (Å²) in [5.74, 6) is 2.67. The molecular weight excluding hydrogens is 540 g/mol. The second-order valence-electron chi connectivity index (χ2n) is 12.8. The van der Waals surface area contributed by atoms with Gasteiger partial charge in [-0.15, -0.1) is 0 Å². The molecule has 2 N–H and O–H groups in total. The third-order valence-electron chi connectivity index (χ3n) is 9.27. The number of aromatic amines is 1. The molecule has 3 heterocycles. The number of aryl methyl sites for hydroxylation is 1. The number of nitrogens with one attached hydrogen (secondary N) is 2. The minimum Gasteiger partial charge on any atom is -0.486 e. The molecule has 5 nitrogen and oxygen atoms in total. The summed E-state index contributed by atoms with van der Waals surface area (Å²) in [6, 6.07) is 20.1. The van der Waals surface area contributed by atoms with E-state index in [0.29, 0.717) is 18.4 Å². The summed E-state index contributed by atoms with van der Waals surface area (Å²) in [6.07, 6.45) is 4.92. The number of aromatic nitrogens is 3. The molecule has 6 aromatic rings.